The number of thiophene rings is 1. The normalized spacial score (nSPS) is 20.2. The van der Waals surface area contributed by atoms with Crippen molar-refractivity contribution in [2.24, 2.45) is 5.10 Å². The third-order valence-corrected chi connectivity index (χ3v) is 4.33. The van der Waals surface area contributed by atoms with E-state index in [-0.39, 0.29) is 11.0 Å². The van der Waals surface area contributed by atoms with E-state index < -0.39 is 17.3 Å². The number of urea groups is 1. The number of hydrazone groups is 1. The van der Waals surface area contributed by atoms with Crippen LogP contribution in [-0.2, 0) is 11.3 Å². The molecule has 98 valence electrons. The predicted molar refractivity (Wildman–Crippen MR) is 70.5 cm³/mol. The van der Waals surface area contributed by atoms with Crippen LogP contribution in [-0.4, -0.2) is 32.1 Å². The van der Waals surface area contributed by atoms with Crippen molar-refractivity contribution in [3.05, 3.63) is 16.5 Å². The summed E-state index contributed by atoms with van der Waals surface area (Å²) in [5.41, 5.74) is 0. The Kier molecular flexibility index (Phi) is 4.00. The average Bonchev–Trinajstić information content (AvgIpc) is 2.87. The fourth-order valence-corrected chi connectivity index (χ4v) is 3.12. The van der Waals surface area contributed by atoms with E-state index in [2.05, 4.69) is 5.10 Å². The Morgan fingerprint density at radius 3 is 2.89 bits per heavy atom. The Morgan fingerprint density at radius 1 is 1.72 bits per heavy atom. The van der Waals surface area contributed by atoms with Crippen LogP contribution in [0.5, 0.6) is 0 Å². The first-order valence-corrected chi connectivity index (χ1v) is 7.24. The second-order valence-electron chi connectivity index (χ2n) is 3.60. The van der Waals surface area contributed by atoms with Crippen LogP contribution in [0.15, 0.2) is 17.2 Å². The molecule has 2 heterocycles. The van der Waals surface area contributed by atoms with Crippen LogP contribution < -0.4 is 4.31 Å². The molecule has 1 aliphatic rings. The summed E-state index contributed by atoms with van der Waals surface area (Å²) < 4.78 is 23.5. The molecule has 1 aliphatic heterocycles. The van der Waals surface area contributed by atoms with Crippen LogP contribution >= 0.6 is 22.9 Å². The maximum absolute atomic E-state index is 12.1. The summed E-state index contributed by atoms with van der Waals surface area (Å²) in [6.07, 6.45) is 2.19. The van der Waals surface area contributed by atoms with Crippen molar-refractivity contribution >= 4 is 51.5 Å². The summed E-state index contributed by atoms with van der Waals surface area (Å²) in [5.74, 6) is 0. The quantitative estimate of drug-likeness (QED) is 0.786. The van der Waals surface area contributed by atoms with E-state index in [0.29, 0.717) is 15.1 Å². The van der Waals surface area contributed by atoms with Gasteiger partial charge in [-0.1, -0.05) is 11.6 Å². The Balaban J connectivity index is 2.28. The second kappa shape index (κ2) is 5.35. The van der Waals surface area contributed by atoms with Gasteiger partial charge in [-0.2, -0.15) is 5.10 Å². The zero-order valence-corrected chi connectivity index (χ0v) is 11.7. The second-order valence-corrected chi connectivity index (χ2v) is 6.09. The van der Waals surface area contributed by atoms with Crippen LogP contribution in [0.3, 0.4) is 0 Å². The number of nitrogens with zero attached hydrogens (tertiary/aromatic N) is 3. The molecule has 0 N–H and O–H groups in total. The number of rotatable bonds is 2. The molecular weight excluding hydrogens is 298 g/mol. The van der Waals surface area contributed by atoms with Gasteiger partial charge < -0.3 is 4.55 Å². The maximum atomic E-state index is 12.1. The highest BCUT2D eigenvalue weighted by Crippen LogP contribution is 2.31. The lowest BCUT2D eigenvalue weighted by Crippen LogP contribution is -2.43. The number of hydrogen-bond acceptors (Lipinski definition) is 5. The van der Waals surface area contributed by atoms with Crippen LogP contribution in [0.1, 0.15) is 13.3 Å². The number of hydrogen-bond donors (Lipinski definition) is 0. The van der Waals surface area contributed by atoms with Crippen molar-refractivity contribution in [3.63, 3.8) is 0 Å². The van der Waals surface area contributed by atoms with Crippen molar-refractivity contribution in [3.8, 4) is 0 Å². The molecule has 6 nitrogen and oxygen atoms in total. The molecule has 0 aromatic carbocycles. The highest BCUT2D eigenvalue weighted by Gasteiger charge is 2.30. The monoisotopic (exact) mass is 306 g/mol. The fourth-order valence-electron chi connectivity index (χ4n) is 1.48. The summed E-state index contributed by atoms with van der Waals surface area (Å²) in [6, 6.07) is 2.15. The largest absolute Gasteiger partial charge is 0.755 e. The Morgan fingerprint density at radius 2 is 2.44 bits per heavy atom. The average molecular weight is 307 g/mol. The van der Waals surface area contributed by atoms with E-state index in [1.54, 1.807) is 13.1 Å². The summed E-state index contributed by atoms with van der Waals surface area (Å²) in [5, 5.41) is 5.25. The zero-order valence-electron chi connectivity index (χ0n) is 9.28. The molecule has 2 rings (SSSR count). The molecule has 0 fully saturated rings. The first kappa shape index (κ1) is 13.5. The summed E-state index contributed by atoms with van der Waals surface area (Å²) in [4.78, 5) is 12.1. The minimum atomic E-state index is -2.71. The standard InChI is InChI=1S/C9H10ClN3O3S2/c1-6-4-5-11-12(6)9(14)13(18(15)16)8-3-2-7(10)17-8/h2-3,5-6H,4H2,1H3,(H,15,16)/p-1. The molecule has 0 radical (unpaired) electrons. The van der Waals surface area contributed by atoms with Gasteiger partial charge in [-0.3, -0.25) is 4.21 Å². The molecule has 2 atom stereocenters. The van der Waals surface area contributed by atoms with Crippen LogP contribution in [0.2, 0.25) is 4.34 Å². The van der Waals surface area contributed by atoms with Crippen molar-refractivity contribution in [2.75, 3.05) is 4.31 Å². The van der Waals surface area contributed by atoms with Gasteiger partial charge in [0, 0.05) is 12.6 Å². The van der Waals surface area contributed by atoms with Gasteiger partial charge in [0.25, 0.3) is 0 Å². The van der Waals surface area contributed by atoms with Gasteiger partial charge in [0.15, 0.2) is 0 Å². The van der Waals surface area contributed by atoms with Gasteiger partial charge >= 0.3 is 6.03 Å². The van der Waals surface area contributed by atoms with Gasteiger partial charge in [0.05, 0.1) is 21.6 Å². The fraction of sp³-hybridized carbons (Fsp3) is 0.333. The molecule has 9 heteroatoms. The topological polar surface area (TPSA) is 76.0 Å². The van der Waals surface area contributed by atoms with Crippen molar-refractivity contribution in [1.29, 1.82) is 0 Å². The lowest BCUT2D eigenvalue weighted by molar-refractivity contribution is 0.200. The van der Waals surface area contributed by atoms with Gasteiger partial charge in [-0.15, -0.1) is 11.3 Å². The van der Waals surface area contributed by atoms with E-state index in [4.69, 9.17) is 11.6 Å². The first-order valence-electron chi connectivity index (χ1n) is 5.01. The zero-order chi connectivity index (χ0) is 13.3. The third kappa shape index (κ3) is 2.56. The molecule has 0 saturated heterocycles. The maximum Gasteiger partial charge on any atom is 0.357 e. The number of amides is 2. The highest BCUT2D eigenvalue weighted by molar-refractivity contribution is 7.81. The molecule has 18 heavy (non-hydrogen) atoms. The van der Waals surface area contributed by atoms with Crippen molar-refractivity contribution in [2.45, 2.75) is 19.4 Å². The SMILES string of the molecule is CC1CC=NN1C(=O)N(c1ccc(Cl)s1)S(=O)[O-]. The summed E-state index contributed by atoms with van der Waals surface area (Å²) in [6.45, 7) is 1.79. The molecular formula is C9H9ClN3O3S2-. The van der Waals surface area contributed by atoms with E-state index in [9.17, 15) is 13.6 Å². The van der Waals surface area contributed by atoms with Crippen LogP contribution in [0.25, 0.3) is 0 Å². The van der Waals surface area contributed by atoms with Gasteiger partial charge in [0.1, 0.15) is 5.00 Å². The Labute approximate surface area is 115 Å². The Bertz CT molecular complexity index is 519. The molecule has 0 spiro atoms. The van der Waals surface area contributed by atoms with Crippen LogP contribution in [0, 0.1) is 0 Å². The summed E-state index contributed by atoms with van der Waals surface area (Å²) in [7, 11) is 0. The molecule has 1 aromatic heterocycles. The summed E-state index contributed by atoms with van der Waals surface area (Å²) >= 11 is 4.04. The molecule has 2 unspecified atom stereocenters. The van der Waals surface area contributed by atoms with E-state index >= 15 is 0 Å². The lowest BCUT2D eigenvalue weighted by Gasteiger charge is -2.28. The number of carbonyl (C=O) groups excluding carboxylic acids is 1. The molecule has 0 saturated carbocycles. The van der Waals surface area contributed by atoms with Gasteiger partial charge in [-0.05, 0) is 19.1 Å². The highest BCUT2D eigenvalue weighted by atomic mass is 35.5. The van der Waals surface area contributed by atoms with Crippen molar-refractivity contribution in [1.82, 2.24) is 5.01 Å². The third-order valence-electron chi connectivity index (χ3n) is 2.35. The van der Waals surface area contributed by atoms with E-state index in [1.165, 1.54) is 12.1 Å². The minimum absolute atomic E-state index is 0.154. The molecule has 2 amide bonds. The van der Waals surface area contributed by atoms with Crippen molar-refractivity contribution < 1.29 is 13.6 Å². The molecule has 0 bridgehead atoms. The predicted octanol–water partition coefficient (Wildman–Crippen LogP) is 2.20. The first-order chi connectivity index (χ1) is 8.50. The molecule has 1 aromatic rings. The van der Waals surface area contributed by atoms with E-state index in [0.717, 1.165) is 16.3 Å². The number of halogens is 1. The minimum Gasteiger partial charge on any atom is -0.755 e. The van der Waals surface area contributed by atoms with Gasteiger partial charge in [-0.25, -0.2) is 14.1 Å². The smallest absolute Gasteiger partial charge is 0.357 e. The lowest BCUT2D eigenvalue weighted by atomic mass is 10.3. The number of carbonyl (C=O) groups is 1. The Hall–Kier alpha value is -0.960. The van der Waals surface area contributed by atoms with E-state index in [1.807, 2.05) is 0 Å². The van der Waals surface area contributed by atoms with Crippen LogP contribution in [0.4, 0.5) is 9.80 Å². The van der Waals surface area contributed by atoms with Gasteiger partial charge in [0.2, 0.25) is 0 Å². The number of anilines is 1. The molecule has 0 aliphatic carbocycles.